The molecule has 2 fully saturated rings. The summed E-state index contributed by atoms with van der Waals surface area (Å²) in [5, 5.41) is 9.67. The number of sulfone groups is 1. The molecule has 0 aromatic carbocycles. The van der Waals surface area contributed by atoms with Crippen LogP contribution in [0.5, 0.6) is 0 Å². The van der Waals surface area contributed by atoms with E-state index in [4.69, 9.17) is 10.5 Å². The minimum Gasteiger partial charge on any atom is -0.389 e. The lowest BCUT2D eigenvalue weighted by Crippen LogP contribution is -2.41. The Morgan fingerprint density at radius 1 is 1.06 bits per heavy atom. The van der Waals surface area contributed by atoms with Gasteiger partial charge in [0, 0.05) is 6.04 Å². The van der Waals surface area contributed by atoms with Crippen LogP contribution in [0, 0.1) is 0 Å². The average Bonchev–Trinajstić information content (AvgIpc) is 2.38. The molecule has 4 unspecified atom stereocenters. The Bertz CT molecular complexity index is 356. The first-order chi connectivity index (χ1) is 7.98. The fourth-order valence-electron chi connectivity index (χ4n) is 2.62. The molecular weight excluding hydrogens is 242 g/mol. The van der Waals surface area contributed by atoms with E-state index >= 15 is 0 Å². The first-order valence-corrected chi connectivity index (χ1v) is 8.09. The largest absolute Gasteiger partial charge is 0.389 e. The Balaban J connectivity index is 1.95. The van der Waals surface area contributed by atoms with Gasteiger partial charge in [-0.1, -0.05) is 19.3 Å². The quantitative estimate of drug-likeness (QED) is 0.675. The molecule has 6 heteroatoms. The molecule has 0 spiro atoms. The van der Waals surface area contributed by atoms with Crippen molar-refractivity contribution < 1.29 is 18.3 Å². The van der Waals surface area contributed by atoms with Crippen LogP contribution in [0.3, 0.4) is 0 Å². The van der Waals surface area contributed by atoms with Crippen molar-refractivity contribution >= 4 is 9.84 Å². The number of ether oxygens (including phenoxy) is 1. The van der Waals surface area contributed by atoms with Gasteiger partial charge in [-0.15, -0.1) is 0 Å². The van der Waals surface area contributed by atoms with Gasteiger partial charge in [-0.2, -0.15) is 0 Å². The minimum atomic E-state index is -3.14. The summed E-state index contributed by atoms with van der Waals surface area (Å²) in [6, 6.07) is -0.0343. The van der Waals surface area contributed by atoms with Crippen molar-refractivity contribution in [3.8, 4) is 0 Å². The highest BCUT2D eigenvalue weighted by atomic mass is 32.2. The van der Waals surface area contributed by atoms with Crippen molar-refractivity contribution in [3.63, 3.8) is 0 Å². The zero-order chi connectivity index (χ0) is 12.5. The molecule has 100 valence electrons. The van der Waals surface area contributed by atoms with Gasteiger partial charge in [0.1, 0.15) is 0 Å². The predicted molar refractivity (Wildman–Crippen MR) is 64.4 cm³/mol. The molecule has 0 aromatic heterocycles. The Kier molecular flexibility index (Phi) is 4.07. The minimum absolute atomic E-state index is 0.0343. The van der Waals surface area contributed by atoms with E-state index in [0.717, 1.165) is 32.1 Å². The van der Waals surface area contributed by atoms with Crippen molar-refractivity contribution in [2.75, 3.05) is 11.5 Å². The highest BCUT2D eigenvalue weighted by Gasteiger charge is 2.39. The number of aliphatic hydroxyl groups excluding tert-OH is 1. The first kappa shape index (κ1) is 13.3. The molecule has 1 saturated heterocycles. The van der Waals surface area contributed by atoms with Crippen LogP contribution in [0.1, 0.15) is 32.1 Å². The lowest BCUT2D eigenvalue weighted by molar-refractivity contribution is -0.0634. The molecule has 1 aliphatic heterocycles. The molecule has 2 rings (SSSR count). The number of aliphatic hydroxyl groups is 1. The number of hydrogen-bond donors (Lipinski definition) is 2. The first-order valence-electron chi connectivity index (χ1n) is 6.27. The molecule has 1 heterocycles. The lowest BCUT2D eigenvalue weighted by Gasteiger charge is -2.26. The summed E-state index contributed by atoms with van der Waals surface area (Å²) in [6.07, 6.45) is 3.51. The van der Waals surface area contributed by atoms with Crippen LogP contribution in [-0.4, -0.2) is 49.4 Å². The smallest absolute Gasteiger partial charge is 0.155 e. The number of nitrogens with two attached hydrogens (primary N) is 1. The highest BCUT2D eigenvalue weighted by Crippen LogP contribution is 2.24. The molecule has 3 N–H and O–H groups in total. The van der Waals surface area contributed by atoms with Gasteiger partial charge in [-0.25, -0.2) is 8.42 Å². The maximum atomic E-state index is 11.4. The van der Waals surface area contributed by atoms with Crippen LogP contribution in [-0.2, 0) is 14.6 Å². The summed E-state index contributed by atoms with van der Waals surface area (Å²) in [5.74, 6) is -0.253. The zero-order valence-electron chi connectivity index (χ0n) is 9.92. The standard InChI is InChI=1S/C11H21NO4S/c12-8-4-2-1-3-5-10(8)16-11-7-17(14,15)6-9(11)13/h8-11,13H,1-7,12H2. The van der Waals surface area contributed by atoms with E-state index in [1.807, 2.05) is 0 Å². The van der Waals surface area contributed by atoms with E-state index in [0.29, 0.717) is 0 Å². The normalized spacial score (nSPS) is 42.2. The molecule has 0 amide bonds. The van der Waals surface area contributed by atoms with Crippen LogP contribution in [0.4, 0.5) is 0 Å². The van der Waals surface area contributed by atoms with Gasteiger partial charge in [-0.05, 0) is 12.8 Å². The summed E-state index contributed by atoms with van der Waals surface area (Å²) >= 11 is 0. The second-order valence-corrected chi connectivity index (χ2v) is 7.31. The molecule has 1 aliphatic carbocycles. The summed E-state index contributed by atoms with van der Waals surface area (Å²) in [6.45, 7) is 0. The SMILES string of the molecule is NC1CCCCCC1OC1CS(=O)(=O)CC1O. The monoisotopic (exact) mass is 263 g/mol. The summed E-state index contributed by atoms with van der Waals surface area (Å²) in [7, 11) is -3.14. The maximum absolute atomic E-state index is 11.4. The molecule has 0 bridgehead atoms. The Morgan fingerprint density at radius 3 is 2.41 bits per heavy atom. The van der Waals surface area contributed by atoms with Gasteiger partial charge < -0.3 is 15.6 Å². The van der Waals surface area contributed by atoms with Crippen LogP contribution >= 0.6 is 0 Å². The number of hydrogen-bond acceptors (Lipinski definition) is 5. The van der Waals surface area contributed by atoms with Crippen molar-refractivity contribution in [3.05, 3.63) is 0 Å². The number of rotatable bonds is 2. The summed E-state index contributed by atoms with van der Waals surface area (Å²) in [4.78, 5) is 0. The molecule has 4 atom stereocenters. The second kappa shape index (κ2) is 5.22. The Labute approximate surface area is 102 Å². The zero-order valence-corrected chi connectivity index (χ0v) is 10.7. The van der Waals surface area contributed by atoms with E-state index in [1.165, 1.54) is 0 Å². The van der Waals surface area contributed by atoms with E-state index in [1.54, 1.807) is 0 Å². The maximum Gasteiger partial charge on any atom is 0.155 e. The topological polar surface area (TPSA) is 89.6 Å². The van der Waals surface area contributed by atoms with E-state index in [9.17, 15) is 13.5 Å². The lowest BCUT2D eigenvalue weighted by atomic mass is 10.1. The van der Waals surface area contributed by atoms with Gasteiger partial charge in [-0.3, -0.25) is 0 Å². The van der Waals surface area contributed by atoms with Crippen LogP contribution in [0.2, 0.25) is 0 Å². The van der Waals surface area contributed by atoms with Crippen LogP contribution in [0.25, 0.3) is 0 Å². The molecular formula is C11H21NO4S. The van der Waals surface area contributed by atoms with Gasteiger partial charge in [0.2, 0.25) is 0 Å². The third-order valence-corrected chi connectivity index (χ3v) is 5.31. The van der Waals surface area contributed by atoms with Gasteiger partial charge in [0.05, 0.1) is 29.8 Å². The van der Waals surface area contributed by atoms with E-state index < -0.39 is 22.0 Å². The summed E-state index contributed by atoms with van der Waals surface area (Å²) < 4.78 is 28.5. The third kappa shape index (κ3) is 3.40. The van der Waals surface area contributed by atoms with E-state index in [2.05, 4.69) is 0 Å². The molecule has 1 saturated carbocycles. The Morgan fingerprint density at radius 2 is 1.76 bits per heavy atom. The van der Waals surface area contributed by atoms with Crippen LogP contribution < -0.4 is 5.73 Å². The molecule has 5 nitrogen and oxygen atoms in total. The fraction of sp³-hybridized carbons (Fsp3) is 1.00. The van der Waals surface area contributed by atoms with Gasteiger partial charge >= 0.3 is 0 Å². The van der Waals surface area contributed by atoms with Crippen molar-refractivity contribution in [1.82, 2.24) is 0 Å². The average molecular weight is 263 g/mol. The van der Waals surface area contributed by atoms with Crippen molar-refractivity contribution in [2.45, 2.75) is 56.5 Å². The highest BCUT2D eigenvalue weighted by molar-refractivity contribution is 7.91. The molecule has 17 heavy (non-hydrogen) atoms. The predicted octanol–water partition coefficient (Wildman–Crippen LogP) is -0.179. The van der Waals surface area contributed by atoms with E-state index in [-0.39, 0.29) is 23.7 Å². The summed E-state index contributed by atoms with van der Waals surface area (Å²) in [5.41, 5.74) is 6.01. The second-order valence-electron chi connectivity index (χ2n) is 5.16. The van der Waals surface area contributed by atoms with Gasteiger partial charge in [0.25, 0.3) is 0 Å². The van der Waals surface area contributed by atoms with Crippen molar-refractivity contribution in [2.24, 2.45) is 5.73 Å². The van der Waals surface area contributed by atoms with Gasteiger partial charge in [0.15, 0.2) is 9.84 Å². The Hall–Kier alpha value is -0.170. The van der Waals surface area contributed by atoms with Crippen LogP contribution in [0.15, 0.2) is 0 Å². The molecule has 2 aliphatic rings. The molecule has 0 aromatic rings. The third-order valence-electron chi connectivity index (χ3n) is 3.63. The van der Waals surface area contributed by atoms with Crippen molar-refractivity contribution in [1.29, 1.82) is 0 Å². The molecule has 0 radical (unpaired) electrons. The fourth-order valence-corrected chi connectivity index (χ4v) is 4.29.